The van der Waals surface area contributed by atoms with Crippen LogP contribution in [0.1, 0.15) is 0 Å². The van der Waals surface area contributed by atoms with Crippen LogP contribution in [0.3, 0.4) is 0 Å². The first-order valence-electron chi connectivity index (χ1n) is 2.29. The highest BCUT2D eigenvalue weighted by atomic mass is 16.7. The lowest BCUT2D eigenvalue weighted by Gasteiger charge is -2.05. The van der Waals surface area contributed by atoms with Crippen molar-refractivity contribution in [3.05, 3.63) is 0 Å². The van der Waals surface area contributed by atoms with Crippen molar-refractivity contribution in [2.75, 3.05) is 7.11 Å². The Hall–Kier alpha value is -1.14. The van der Waals surface area contributed by atoms with Crippen LogP contribution < -0.4 is 5.90 Å². The average Bonchev–Trinajstić information content (AvgIpc) is 1.88. The Labute approximate surface area is 56.5 Å². The van der Waals surface area contributed by atoms with Crippen molar-refractivity contribution in [1.29, 1.82) is 0 Å². The summed E-state index contributed by atoms with van der Waals surface area (Å²) in [5, 5.41) is 8.17. The van der Waals surface area contributed by atoms with Crippen LogP contribution in [0.2, 0.25) is 0 Å². The van der Waals surface area contributed by atoms with E-state index in [4.69, 9.17) is 5.11 Å². The van der Waals surface area contributed by atoms with E-state index in [1.807, 2.05) is 0 Å². The molecule has 0 spiro atoms. The third-order valence-electron chi connectivity index (χ3n) is 0.776. The minimum Gasteiger partial charge on any atom is -0.479 e. The smallest absolute Gasteiger partial charge is 0.348 e. The number of aliphatic carboxylic acids is 1. The molecule has 58 valence electrons. The van der Waals surface area contributed by atoms with Gasteiger partial charge in [0.2, 0.25) is 0 Å². The van der Waals surface area contributed by atoms with E-state index in [0.29, 0.717) is 0 Å². The topological polar surface area (TPSA) is 98.9 Å². The van der Waals surface area contributed by atoms with Crippen LogP contribution in [0.15, 0.2) is 0 Å². The Balaban J connectivity index is 4.06. The predicted molar refractivity (Wildman–Crippen MR) is 28.7 cm³/mol. The van der Waals surface area contributed by atoms with E-state index in [2.05, 4.69) is 15.5 Å². The SMILES string of the molecule is COC(=O)C(ON)C(=O)O. The van der Waals surface area contributed by atoms with Crippen LogP contribution in [-0.4, -0.2) is 30.3 Å². The molecule has 0 heterocycles. The molecule has 1 unspecified atom stereocenters. The normalized spacial score (nSPS) is 12.2. The number of methoxy groups -OCH3 is 1. The molecule has 0 bridgehead atoms. The molecule has 0 saturated heterocycles. The van der Waals surface area contributed by atoms with Gasteiger partial charge in [-0.3, -0.25) is 4.84 Å². The highest BCUT2D eigenvalue weighted by molar-refractivity contribution is 5.96. The van der Waals surface area contributed by atoms with E-state index >= 15 is 0 Å². The number of esters is 1. The maximum Gasteiger partial charge on any atom is 0.348 e. The molecule has 0 aromatic heterocycles. The molecule has 6 nitrogen and oxygen atoms in total. The first kappa shape index (κ1) is 8.86. The van der Waals surface area contributed by atoms with Crippen LogP contribution in [0.4, 0.5) is 0 Å². The second-order valence-corrected chi connectivity index (χ2v) is 1.38. The average molecular weight is 149 g/mol. The summed E-state index contributed by atoms with van der Waals surface area (Å²) in [7, 11) is 1.04. The number of carboxylic acids is 1. The minimum absolute atomic E-state index is 1.03. The first-order valence-corrected chi connectivity index (χ1v) is 2.29. The van der Waals surface area contributed by atoms with Gasteiger partial charge in [-0.25, -0.2) is 15.5 Å². The number of hydrogen-bond acceptors (Lipinski definition) is 5. The third-order valence-corrected chi connectivity index (χ3v) is 0.776. The second kappa shape index (κ2) is 3.80. The number of carboxylic acid groups (broad SMARTS) is 1. The zero-order valence-corrected chi connectivity index (χ0v) is 5.23. The van der Waals surface area contributed by atoms with Gasteiger partial charge in [0, 0.05) is 0 Å². The molecule has 0 aliphatic carbocycles. The molecule has 0 radical (unpaired) electrons. The fourth-order valence-electron chi connectivity index (χ4n) is 0.322. The monoisotopic (exact) mass is 149 g/mol. The predicted octanol–water partition coefficient (Wildman–Crippen LogP) is -1.50. The Morgan fingerprint density at radius 1 is 1.60 bits per heavy atom. The van der Waals surface area contributed by atoms with Crippen LogP contribution in [0, 0.1) is 0 Å². The summed E-state index contributed by atoms with van der Waals surface area (Å²) in [5.41, 5.74) is 0. The van der Waals surface area contributed by atoms with Crippen LogP contribution >= 0.6 is 0 Å². The van der Waals surface area contributed by atoms with Gasteiger partial charge in [0.1, 0.15) is 0 Å². The summed E-state index contributed by atoms with van der Waals surface area (Å²) in [6, 6.07) is 0. The van der Waals surface area contributed by atoms with Crippen molar-refractivity contribution in [2.24, 2.45) is 5.90 Å². The Morgan fingerprint density at radius 3 is 2.20 bits per heavy atom. The van der Waals surface area contributed by atoms with Crippen molar-refractivity contribution >= 4 is 11.9 Å². The summed E-state index contributed by atoms with van der Waals surface area (Å²) in [4.78, 5) is 24.2. The van der Waals surface area contributed by atoms with Gasteiger partial charge in [-0.2, -0.15) is 0 Å². The number of carbonyl (C=O) groups is 2. The summed E-state index contributed by atoms with van der Waals surface area (Å²) in [6.07, 6.45) is -1.73. The molecule has 0 rings (SSSR count). The molecular weight excluding hydrogens is 142 g/mol. The largest absolute Gasteiger partial charge is 0.479 e. The number of ether oxygens (including phenoxy) is 1. The maximum absolute atomic E-state index is 10.4. The fraction of sp³-hybridized carbons (Fsp3) is 0.500. The molecule has 0 saturated carbocycles. The molecule has 0 aliphatic heterocycles. The van der Waals surface area contributed by atoms with E-state index in [1.54, 1.807) is 0 Å². The summed E-state index contributed by atoms with van der Waals surface area (Å²) in [6.45, 7) is 0. The van der Waals surface area contributed by atoms with Crippen molar-refractivity contribution in [1.82, 2.24) is 0 Å². The lowest BCUT2D eigenvalue weighted by molar-refractivity contribution is -0.168. The summed E-state index contributed by atoms with van der Waals surface area (Å²) in [5.74, 6) is 1.96. The van der Waals surface area contributed by atoms with Gasteiger partial charge < -0.3 is 9.84 Å². The lowest BCUT2D eigenvalue weighted by Crippen LogP contribution is -2.35. The van der Waals surface area contributed by atoms with Crippen molar-refractivity contribution in [3.8, 4) is 0 Å². The first-order chi connectivity index (χ1) is 4.63. The van der Waals surface area contributed by atoms with Crippen LogP contribution in [-0.2, 0) is 19.2 Å². The fourth-order valence-corrected chi connectivity index (χ4v) is 0.322. The van der Waals surface area contributed by atoms with Crippen molar-refractivity contribution < 1.29 is 24.3 Å². The van der Waals surface area contributed by atoms with E-state index in [0.717, 1.165) is 7.11 Å². The third kappa shape index (κ3) is 2.00. The molecule has 0 aromatic carbocycles. The second-order valence-electron chi connectivity index (χ2n) is 1.38. The number of rotatable bonds is 3. The molecule has 10 heavy (non-hydrogen) atoms. The molecule has 0 aromatic rings. The maximum atomic E-state index is 10.4. The zero-order valence-electron chi connectivity index (χ0n) is 5.23. The van der Waals surface area contributed by atoms with E-state index < -0.39 is 18.0 Å². The van der Waals surface area contributed by atoms with Gasteiger partial charge in [-0.05, 0) is 0 Å². The van der Waals surface area contributed by atoms with E-state index in [1.165, 1.54) is 0 Å². The Morgan fingerprint density at radius 2 is 2.10 bits per heavy atom. The van der Waals surface area contributed by atoms with E-state index in [-0.39, 0.29) is 0 Å². The standard InChI is InChI=1S/C4H7NO5/c1-9-4(8)2(10-5)3(6)7/h2H,5H2,1H3,(H,6,7). The molecule has 0 aliphatic rings. The van der Waals surface area contributed by atoms with Gasteiger partial charge in [0.25, 0.3) is 6.10 Å². The van der Waals surface area contributed by atoms with Gasteiger partial charge >= 0.3 is 11.9 Å². The Bertz CT molecular complexity index is 145. The minimum atomic E-state index is -1.73. The van der Waals surface area contributed by atoms with Crippen molar-refractivity contribution in [2.45, 2.75) is 6.10 Å². The summed E-state index contributed by atoms with van der Waals surface area (Å²) < 4.78 is 4.04. The lowest BCUT2D eigenvalue weighted by atomic mass is 10.4. The van der Waals surface area contributed by atoms with Gasteiger partial charge in [-0.15, -0.1) is 0 Å². The zero-order chi connectivity index (χ0) is 8.15. The van der Waals surface area contributed by atoms with Crippen molar-refractivity contribution in [3.63, 3.8) is 0 Å². The highest BCUT2D eigenvalue weighted by Gasteiger charge is 2.27. The molecule has 3 N–H and O–H groups in total. The quantitative estimate of drug-likeness (QED) is 0.288. The molecular formula is C4H7NO5. The molecule has 6 heteroatoms. The summed E-state index contributed by atoms with van der Waals surface area (Å²) >= 11 is 0. The van der Waals surface area contributed by atoms with Crippen LogP contribution in [0.5, 0.6) is 0 Å². The Kier molecular flexibility index (Phi) is 3.37. The number of nitrogens with two attached hydrogens (primary N) is 1. The number of hydrogen-bond donors (Lipinski definition) is 2. The van der Waals surface area contributed by atoms with Gasteiger partial charge in [0.05, 0.1) is 7.11 Å². The highest BCUT2D eigenvalue weighted by Crippen LogP contribution is 1.90. The molecule has 1 atom stereocenters. The van der Waals surface area contributed by atoms with E-state index in [9.17, 15) is 9.59 Å². The molecule has 0 amide bonds. The van der Waals surface area contributed by atoms with Gasteiger partial charge in [-0.1, -0.05) is 0 Å². The van der Waals surface area contributed by atoms with Gasteiger partial charge in [0.15, 0.2) is 0 Å². The van der Waals surface area contributed by atoms with Crippen LogP contribution in [0.25, 0.3) is 0 Å². The number of carbonyl (C=O) groups excluding carboxylic acids is 1. The molecule has 0 fully saturated rings.